The van der Waals surface area contributed by atoms with Gasteiger partial charge in [0.15, 0.2) is 12.2 Å². The summed E-state index contributed by atoms with van der Waals surface area (Å²) >= 11 is 0. The molecule has 0 aromatic heterocycles. The molecule has 0 saturated heterocycles. The predicted molar refractivity (Wildman–Crippen MR) is 400 cm³/mol. The molecule has 3 unspecified atom stereocenters. The Bertz CT molecular complexity index is 1920. The molecule has 19 heteroatoms. The topological polar surface area (TPSA) is 237 Å². The van der Waals surface area contributed by atoms with Crippen LogP contribution in [0.25, 0.3) is 0 Å². The first-order valence-electron chi connectivity index (χ1n) is 40.7. The van der Waals surface area contributed by atoms with E-state index in [1.807, 2.05) is 0 Å². The molecule has 6 atom stereocenters. The number of rotatable bonds is 76. The van der Waals surface area contributed by atoms with Gasteiger partial charge in [0.25, 0.3) is 0 Å². The molecule has 0 saturated carbocycles. The standard InChI is InChI=1S/C79H154O17P2/c1-9-72(8)58-50-42-37-38-44-52-60-77(82)90-66-75(96-79(84)62-54-46-36-28-24-20-16-18-22-26-32-40-48-56-70(4)5)68-94-98(87,88)92-64-73(80)63-91-97(85,86)93-67-74(65-89-76(81)59-51-43-34-30-29-33-41-49-57-71(6)7)95-78(83)61-53-45-35-27-23-19-15-13-11-10-12-14-17-21-25-31-39-47-55-69(2)3/h69-75,80H,9-68H2,1-8H3,(H,85,86)(H,87,88)/t72?,73-,74-,75-/m1/s1. The van der Waals surface area contributed by atoms with E-state index in [9.17, 15) is 43.2 Å². The van der Waals surface area contributed by atoms with Crippen molar-refractivity contribution in [2.45, 2.75) is 420 Å². The van der Waals surface area contributed by atoms with Crippen molar-refractivity contribution < 1.29 is 80.2 Å². The Morgan fingerprint density at radius 3 is 0.724 bits per heavy atom. The molecule has 0 fully saturated rings. The molecule has 17 nitrogen and oxygen atoms in total. The van der Waals surface area contributed by atoms with Crippen LogP contribution >= 0.6 is 15.6 Å². The lowest BCUT2D eigenvalue weighted by atomic mass is 10.00. The lowest BCUT2D eigenvalue weighted by molar-refractivity contribution is -0.161. The van der Waals surface area contributed by atoms with E-state index in [1.165, 1.54) is 199 Å². The van der Waals surface area contributed by atoms with E-state index < -0.39 is 97.5 Å². The number of unbranched alkanes of at least 4 members (excludes halogenated alkanes) is 41. The number of aliphatic hydroxyl groups is 1. The Balaban J connectivity index is 5.20. The highest BCUT2D eigenvalue weighted by Crippen LogP contribution is 2.45. The molecule has 0 aliphatic rings. The summed E-state index contributed by atoms with van der Waals surface area (Å²) in [7, 11) is -9.92. The molecule has 0 heterocycles. The van der Waals surface area contributed by atoms with Gasteiger partial charge in [-0.1, -0.05) is 351 Å². The van der Waals surface area contributed by atoms with Gasteiger partial charge in [0, 0.05) is 25.7 Å². The average molecular weight is 1440 g/mol. The van der Waals surface area contributed by atoms with E-state index in [2.05, 4.69) is 55.4 Å². The van der Waals surface area contributed by atoms with E-state index >= 15 is 0 Å². The van der Waals surface area contributed by atoms with Gasteiger partial charge < -0.3 is 33.8 Å². The summed E-state index contributed by atoms with van der Waals surface area (Å²) < 4.78 is 68.6. The second-order valence-corrected chi connectivity index (χ2v) is 33.0. The second-order valence-electron chi connectivity index (χ2n) is 30.1. The number of phosphoric ester groups is 2. The van der Waals surface area contributed by atoms with Crippen molar-refractivity contribution in [3.63, 3.8) is 0 Å². The predicted octanol–water partition coefficient (Wildman–Crippen LogP) is 23.2. The van der Waals surface area contributed by atoms with Gasteiger partial charge in [-0.25, -0.2) is 9.13 Å². The lowest BCUT2D eigenvalue weighted by Gasteiger charge is -2.21. The number of carbonyl (C=O) groups is 4. The molecule has 582 valence electrons. The quantitative estimate of drug-likeness (QED) is 0.0222. The van der Waals surface area contributed by atoms with Crippen LogP contribution in [0.3, 0.4) is 0 Å². The molecule has 0 bridgehead atoms. The summed E-state index contributed by atoms with van der Waals surface area (Å²) in [6.45, 7) is 14.2. The zero-order chi connectivity index (χ0) is 72.4. The Kier molecular flexibility index (Phi) is 66.8. The molecule has 0 aromatic rings. The van der Waals surface area contributed by atoms with Crippen molar-refractivity contribution in [1.29, 1.82) is 0 Å². The highest BCUT2D eigenvalue weighted by molar-refractivity contribution is 7.47. The first-order valence-corrected chi connectivity index (χ1v) is 43.7. The van der Waals surface area contributed by atoms with Gasteiger partial charge in [0.1, 0.15) is 19.3 Å². The van der Waals surface area contributed by atoms with E-state index in [4.69, 9.17) is 37.0 Å². The minimum absolute atomic E-state index is 0.106. The largest absolute Gasteiger partial charge is 0.472 e. The van der Waals surface area contributed by atoms with Gasteiger partial charge in [0.2, 0.25) is 0 Å². The summed E-state index contributed by atoms with van der Waals surface area (Å²) in [6, 6.07) is 0. The van der Waals surface area contributed by atoms with Crippen LogP contribution in [0.2, 0.25) is 0 Å². The molecule has 0 spiro atoms. The Labute approximate surface area is 600 Å². The Morgan fingerprint density at radius 2 is 0.490 bits per heavy atom. The number of aliphatic hydroxyl groups excluding tert-OH is 1. The fraction of sp³-hybridized carbons (Fsp3) is 0.949. The Hall–Kier alpha value is -1.94. The van der Waals surface area contributed by atoms with E-state index in [1.54, 1.807) is 0 Å². The van der Waals surface area contributed by atoms with Crippen molar-refractivity contribution in [3.8, 4) is 0 Å². The molecule has 0 aromatic carbocycles. The third-order valence-corrected chi connectivity index (χ3v) is 20.6. The summed E-state index contributed by atoms with van der Waals surface area (Å²) in [5.74, 6) is 0.945. The van der Waals surface area contributed by atoms with Crippen LogP contribution in [0.4, 0.5) is 0 Å². The van der Waals surface area contributed by atoms with Crippen LogP contribution in [0.5, 0.6) is 0 Å². The number of hydrogen-bond donors (Lipinski definition) is 3. The number of carbonyl (C=O) groups excluding carboxylic acids is 4. The fourth-order valence-electron chi connectivity index (χ4n) is 12.0. The van der Waals surface area contributed by atoms with Crippen LogP contribution in [0.1, 0.15) is 402 Å². The van der Waals surface area contributed by atoms with Gasteiger partial charge in [-0.2, -0.15) is 0 Å². The number of ether oxygens (including phenoxy) is 4. The van der Waals surface area contributed by atoms with Crippen LogP contribution < -0.4 is 0 Å². The molecule has 0 aliphatic carbocycles. The van der Waals surface area contributed by atoms with Crippen LogP contribution in [-0.4, -0.2) is 96.7 Å². The number of hydrogen-bond acceptors (Lipinski definition) is 15. The van der Waals surface area contributed by atoms with Gasteiger partial charge >= 0.3 is 39.5 Å². The summed E-state index contributed by atoms with van der Waals surface area (Å²) in [4.78, 5) is 72.9. The molecule has 0 rings (SSSR count). The van der Waals surface area contributed by atoms with Crippen LogP contribution in [0, 0.1) is 23.7 Å². The molecule has 0 aliphatic heterocycles. The average Bonchev–Trinajstić information content (AvgIpc) is 0.925. The minimum Gasteiger partial charge on any atom is -0.462 e. The summed E-state index contributed by atoms with van der Waals surface area (Å²) in [5, 5.41) is 10.6. The smallest absolute Gasteiger partial charge is 0.462 e. The summed E-state index contributed by atoms with van der Waals surface area (Å²) in [6.07, 6.45) is 54.3. The third kappa shape index (κ3) is 71.1. The first kappa shape index (κ1) is 96.1. The minimum atomic E-state index is -4.96. The Morgan fingerprint density at radius 1 is 0.286 bits per heavy atom. The maximum atomic E-state index is 13.1. The van der Waals surface area contributed by atoms with Crippen molar-refractivity contribution in [1.82, 2.24) is 0 Å². The van der Waals surface area contributed by atoms with Gasteiger partial charge in [-0.05, 0) is 49.4 Å². The maximum Gasteiger partial charge on any atom is 0.472 e. The molecule has 0 amide bonds. The van der Waals surface area contributed by atoms with Gasteiger partial charge in [-0.3, -0.25) is 37.3 Å². The monoisotopic (exact) mass is 1440 g/mol. The summed E-state index contributed by atoms with van der Waals surface area (Å²) in [5.41, 5.74) is 0. The van der Waals surface area contributed by atoms with Gasteiger partial charge in [0.05, 0.1) is 26.4 Å². The van der Waals surface area contributed by atoms with E-state index in [0.717, 1.165) is 120 Å². The maximum absolute atomic E-state index is 13.1. The lowest BCUT2D eigenvalue weighted by Crippen LogP contribution is -2.30. The molecular weight excluding hydrogens is 1280 g/mol. The zero-order valence-electron chi connectivity index (χ0n) is 64.4. The second kappa shape index (κ2) is 68.2. The highest BCUT2D eigenvalue weighted by Gasteiger charge is 2.30. The van der Waals surface area contributed by atoms with E-state index in [-0.39, 0.29) is 25.7 Å². The molecular formula is C79H154O17P2. The normalized spacial score (nSPS) is 14.3. The first-order chi connectivity index (χ1) is 47.1. The third-order valence-electron chi connectivity index (χ3n) is 18.7. The highest BCUT2D eigenvalue weighted by atomic mass is 31.2. The SMILES string of the molecule is CCC(C)CCCCCCCCC(=O)OC[C@H](COP(=O)(O)OC[C@H](O)COP(=O)(O)OC[C@@H](COC(=O)CCCCCCCCCCC(C)C)OC(=O)CCCCCCCCCCCCCCCCCCCCC(C)C)OC(=O)CCCCCCCCCCCCCCCC(C)C. The van der Waals surface area contributed by atoms with Crippen molar-refractivity contribution in [2.24, 2.45) is 23.7 Å². The van der Waals surface area contributed by atoms with Gasteiger partial charge in [-0.15, -0.1) is 0 Å². The number of esters is 4. The van der Waals surface area contributed by atoms with Crippen molar-refractivity contribution >= 4 is 39.5 Å². The fourth-order valence-corrected chi connectivity index (χ4v) is 13.6. The van der Waals surface area contributed by atoms with Crippen LogP contribution in [0.15, 0.2) is 0 Å². The molecule has 0 radical (unpaired) electrons. The van der Waals surface area contributed by atoms with E-state index in [0.29, 0.717) is 25.7 Å². The number of phosphoric acid groups is 2. The molecule has 98 heavy (non-hydrogen) atoms. The van der Waals surface area contributed by atoms with Crippen molar-refractivity contribution in [3.05, 3.63) is 0 Å². The molecule has 3 N–H and O–H groups in total. The van der Waals surface area contributed by atoms with Crippen molar-refractivity contribution in [2.75, 3.05) is 39.6 Å². The zero-order valence-corrected chi connectivity index (χ0v) is 66.2. The van der Waals surface area contributed by atoms with Crippen LogP contribution in [-0.2, 0) is 65.4 Å².